The molecule has 0 heterocycles. The summed E-state index contributed by atoms with van der Waals surface area (Å²) in [6, 6.07) is 20.4. The van der Waals surface area contributed by atoms with Gasteiger partial charge in [-0.1, -0.05) is 60.7 Å². The molecule has 0 aromatic heterocycles. The van der Waals surface area contributed by atoms with Crippen LogP contribution in [0.1, 0.15) is 11.1 Å². The smallest absolute Gasteiger partial charge is 0.246 e. The van der Waals surface area contributed by atoms with Crippen molar-refractivity contribution in [3.63, 3.8) is 0 Å². The van der Waals surface area contributed by atoms with Crippen LogP contribution in [-0.4, -0.2) is 44.1 Å². The monoisotopic (exact) mass is 326 g/mol. The predicted molar refractivity (Wildman–Crippen MR) is 96.7 cm³/mol. The van der Waals surface area contributed by atoms with Crippen LogP contribution in [-0.2, 0) is 22.6 Å². The average molecular weight is 326 g/mol. The highest BCUT2D eigenvalue weighted by atomic mass is 16.5. The summed E-state index contributed by atoms with van der Waals surface area (Å²) in [5.41, 5.74) is 2.34. The molecular weight excluding hydrogens is 300 g/mol. The average Bonchev–Trinajstić information content (AvgIpc) is 2.60. The second-order valence-electron chi connectivity index (χ2n) is 6.09. The largest absolute Gasteiger partial charge is 0.367 e. The molecule has 4 nitrogen and oxygen atoms in total. The van der Waals surface area contributed by atoms with Crippen LogP contribution >= 0.6 is 0 Å². The van der Waals surface area contributed by atoms with Crippen LogP contribution in [0.2, 0.25) is 0 Å². The number of nitrogens with one attached hydrogen (secondary N) is 1. The Morgan fingerprint density at radius 2 is 1.58 bits per heavy atom. The third kappa shape index (κ3) is 6.52. The maximum atomic E-state index is 12.0. The van der Waals surface area contributed by atoms with Gasteiger partial charge in [-0.25, -0.2) is 0 Å². The summed E-state index contributed by atoms with van der Waals surface area (Å²) in [5, 5.41) is 2.97. The van der Waals surface area contributed by atoms with Gasteiger partial charge in [0.25, 0.3) is 0 Å². The van der Waals surface area contributed by atoms with E-state index in [2.05, 4.69) is 22.3 Å². The van der Waals surface area contributed by atoms with E-state index in [1.165, 1.54) is 5.56 Å². The number of amides is 1. The van der Waals surface area contributed by atoms with Gasteiger partial charge in [0.05, 0.1) is 6.61 Å². The molecule has 1 atom stereocenters. The number of hydrogen-bond acceptors (Lipinski definition) is 3. The van der Waals surface area contributed by atoms with E-state index in [0.29, 0.717) is 13.2 Å². The number of nitrogens with zero attached hydrogens (tertiary/aromatic N) is 1. The van der Waals surface area contributed by atoms with Crippen molar-refractivity contribution in [2.24, 2.45) is 0 Å². The zero-order chi connectivity index (χ0) is 17.2. The van der Waals surface area contributed by atoms with Crippen molar-refractivity contribution < 1.29 is 9.53 Å². The van der Waals surface area contributed by atoms with Crippen LogP contribution in [0.15, 0.2) is 60.7 Å². The molecule has 1 unspecified atom stereocenters. The third-order valence-electron chi connectivity index (χ3n) is 3.92. The normalized spacial score (nSPS) is 12.1. The summed E-state index contributed by atoms with van der Waals surface area (Å²) in [7, 11) is 4.07. The molecule has 0 bridgehead atoms. The number of carbonyl (C=O) groups is 1. The standard InChI is InChI=1S/C20H26N2O2/c1-22(2)19(13-17-9-5-3-6-10-17)14-21-20(23)16-24-15-18-11-7-4-8-12-18/h3-12,19H,13-16H2,1-2H3,(H,21,23). The molecule has 0 saturated heterocycles. The van der Waals surface area contributed by atoms with Crippen LogP contribution in [0.3, 0.4) is 0 Å². The molecule has 0 aliphatic heterocycles. The van der Waals surface area contributed by atoms with Crippen LogP contribution < -0.4 is 5.32 Å². The predicted octanol–water partition coefficient (Wildman–Crippen LogP) is 2.49. The minimum Gasteiger partial charge on any atom is -0.367 e. The molecule has 0 saturated carbocycles. The molecule has 0 fully saturated rings. The number of ether oxygens (including phenoxy) is 1. The Morgan fingerprint density at radius 3 is 2.17 bits per heavy atom. The van der Waals surface area contributed by atoms with E-state index in [4.69, 9.17) is 4.74 Å². The van der Waals surface area contributed by atoms with Gasteiger partial charge in [-0.3, -0.25) is 4.79 Å². The second-order valence-corrected chi connectivity index (χ2v) is 6.09. The molecule has 24 heavy (non-hydrogen) atoms. The van der Waals surface area contributed by atoms with E-state index in [1.807, 2.05) is 62.6 Å². The number of carbonyl (C=O) groups excluding carboxylic acids is 1. The van der Waals surface area contributed by atoms with Crippen molar-refractivity contribution in [1.29, 1.82) is 0 Å². The Kier molecular flexibility index (Phi) is 7.46. The van der Waals surface area contributed by atoms with Crippen LogP contribution in [0, 0.1) is 0 Å². The molecule has 1 N–H and O–H groups in total. The van der Waals surface area contributed by atoms with E-state index in [9.17, 15) is 4.79 Å². The van der Waals surface area contributed by atoms with Gasteiger partial charge in [-0.05, 0) is 31.6 Å². The molecule has 0 radical (unpaired) electrons. The maximum Gasteiger partial charge on any atom is 0.246 e. The maximum absolute atomic E-state index is 12.0. The van der Waals surface area contributed by atoms with Crippen LogP contribution in [0.5, 0.6) is 0 Å². The quantitative estimate of drug-likeness (QED) is 0.770. The fourth-order valence-corrected chi connectivity index (χ4v) is 2.44. The number of likely N-dealkylation sites (N-methyl/N-ethyl adjacent to an activating group) is 1. The molecule has 0 spiro atoms. The Morgan fingerprint density at radius 1 is 1.00 bits per heavy atom. The topological polar surface area (TPSA) is 41.6 Å². The molecule has 2 aromatic rings. The molecule has 0 aliphatic carbocycles. The van der Waals surface area contributed by atoms with Gasteiger partial charge in [-0.15, -0.1) is 0 Å². The van der Waals surface area contributed by atoms with Crippen molar-refractivity contribution in [3.05, 3.63) is 71.8 Å². The lowest BCUT2D eigenvalue weighted by Gasteiger charge is -2.24. The fraction of sp³-hybridized carbons (Fsp3) is 0.350. The first kappa shape index (κ1) is 18.2. The molecule has 4 heteroatoms. The first-order valence-corrected chi connectivity index (χ1v) is 8.24. The third-order valence-corrected chi connectivity index (χ3v) is 3.92. The number of rotatable bonds is 9. The van der Waals surface area contributed by atoms with Gasteiger partial charge in [0.15, 0.2) is 0 Å². The van der Waals surface area contributed by atoms with E-state index in [1.54, 1.807) is 0 Å². The Balaban J connectivity index is 1.72. The molecule has 2 aromatic carbocycles. The molecule has 1 amide bonds. The van der Waals surface area contributed by atoms with Gasteiger partial charge in [0.1, 0.15) is 6.61 Å². The van der Waals surface area contributed by atoms with Crippen molar-refractivity contribution in [1.82, 2.24) is 10.2 Å². The first-order chi connectivity index (χ1) is 11.6. The highest BCUT2D eigenvalue weighted by Gasteiger charge is 2.13. The summed E-state index contributed by atoms with van der Waals surface area (Å²) in [4.78, 5) is 14.1. The van der Waals surface area contributed by atoms with Gasteiger partial charge < -0.3 is 15.0 Å². The summed E-state index contributed by atoms with van der Waals surface area (Å²) in [6.45, 7) is 1.14. The number of hydrogen-bond donors (Lipinski definition) is 1. The molecule has 0 aliphatic rings. The van der Waals surface area contributed by atoms with Gasteiger partial charge >= 0.3 is 0 Å². The van der Waals surface area contributed by atoms with Crippen molar-refractivity contribution in [2.45, 2.75) is 19.1 Å². The summed E-state index contributed by atoms with van der Waals surface area (Å²) in [5.74, 6) is -0.0779. The zero-order valence-corrected chi connectivity index (χ0v) is 14.4. The Bertz CT molecular complexity index is 600. The van der Waals surface area contributed by atoms with Crippen LogP contribution in [0.25, 0.3) is 0 Å². The van der Waals surface area contributed by atoms with E-state index < -0.39 is 0 Å². The summed E-state index contributed by atoms with van der Waals surface area (Å²) >= 11 is 0. The van der Waals surface area contributed by atoms with Crippen molar-refractivity contribution in [2.75, 3.05) is 27.2 Å². The van der Waals surface area contributed by atoms with Crippen molar-refractivity contribution in [3.8, 4) is 0 Å². The fourth-order valence-electron chi connectivity index (χ4n) is 2.44. The van der Waals surface area contributed by atoms with Gasteiger partial charge in [0.2, 0.25) is 5.91 Å². The minimum atomic E-state index is -0.0779. The summed E-state index contributed by atoms with van der Waals surface area (Å²) < 4.78 is 5.47. The lowest BCUT2D eigenvalue weighted by molar-refractivity contribution is -0.126. The van der Waals surface area contributed by atoms with E-state index >= 15 is 0 Å². The van der Waals surface area contributed by atoms with Gasteiger partial charge in [-0.2, -0.15) is 0 Å². The van der Waals surface area contributed by atoms with Crippen LogP contribution in [0.4, 0.5) is 0 Å². The molecule has 128 valence electrons. The zero-order valence-electron chi connectivity index (χ0n) is 14.4. The van der Waals surface area contributed by atoms with E-state index in [-0.39, 0.29) is 18.6 Å². The SMILES string of the molecule is CN(C)C(CNC(=O)COCc1ccccc1)Cc1ccccc1. The van der Waals surface area contributed by atoms with Gasteiger partial charge in [0, 0.05) is 12.6 Å². The first-order valence-electron chi connectivity index (χ1n) is 8.24. The Hall–Kier alpha value is -2.17. The molecule has 2 rings (SSSR count). The van der Waals surface area contributed by atoms with Crippen molar-refractivity contribution >= 4 is 5.91 Å². The lowest BCUT2D eigenvalue weighted by Crippen LogP contribution is -2.42. The minimum absolute atomic E-state index is 0.0779. The molecular formula is C20H26N2O2. The number of benzene rings is 2. The highest BCUT2D eigenvalue weighted by Crippen LogP contribution is 2.06. The lowest BCUT2D eigenvalue weighted by atomic mass is 10.1. The highest BCUT2D eigenvalue weighted by molar-refractivity contribution is 5.77. The summed E-state index contributed by atoms with van der Waals surface area (Å²) in [6.07, 6.45) is 0.902. The Labute approximate surface area is 144 Å². The van der Waals surface area contributed by atoms with E-state index in [0.717, 1.165) is 12.0 Å². The second kappa shape index (κ2) is 9.85.